The first-order valence-electron chi connectivity index (χ1n) is 7.11. The van der Waals surface area contributed by atoms with Gasteiger partial charge in [0.15, 0.2) is 0 Å². The Morgan fingerprint density at radius 2 is 1.69 bits per heavy atom. The molecule has 4 unspecified atom stereocenters. The van der Waals surface area contributed by atoms with Gasteiger partial charge >= 0.3 is 0 Å². The van der Waals surface area contributed by atoms with Crippen molar-refractivity contribution in [3.05, 3.63) is 0 Å². The molecular formula is C14H28N2. The van der Waals surface area contributed by atoms with Crippen LogP contribution in [0.3, 0.4) is 0 Å². The molecule has 2 aliphatic rings. The highest BCUT2D eigenvalue weighted by atomic mass is 15.1. The molecule has 2 nitrogen and oxygen atoms in total. The predicted molar refractivity (Wildman–Crippen MR) is 69.7 cm³/mol. The van der Waals surface area contributed by atoms with E-state index in [1.54, 1.807) is 0 Å². The summed E-state index contributed by atoms with van der Waals surface area (Å²) in [6, 6.07) is 2.45. The number of hydrogen-bond donors (Lipinski definition) is 1. The van der Waals surface area contributed by atoms with Gasteiger partial charge in [-0.05, 0) is 58.5 Å². The van der Waals surface area contributed by atoms with Crippen molar-refractivity contribution in [3.8, 4) is 0 Å². The molecule has 0 aromatic heterocycles. The Kier molecular flexibility index (Phi) is 4.26. The second-order valence-corrected chi connectivity index (χ2v) is 6.08. The van der Waals surface area contributed by atoms with Crippen LogP contribution in [0.1, 0.15) is 51.9 Å². The van der Waals surface area contributed by atoms with E-state index in [0.29, 0.717) is 0 Å². The second-order valence-electron chi connectivity index (χ2n) is 6.08. The van der Waals surface area contributed by atoms with Gasteiger partial charge in [0.2, 0.25) is 0 Å². The van der Waals surface area contributed by atoms with Gasteiger partial charge in [0.1, 0.15) is 0 Å². The lowest BCUT2D eigenvalue weighted by Gasteiger charge is -2.21. The molecule has 2 saturated carbocycles. The van der Waals surface area contributed by atoms with Crippen LogP contribution in [0.15, 0.2) is 0 Å². The predicted octanol–water partition coefficient (Wildman–Crippen LogP) is 2.64. The summed E-state index contributed by atoms with van der Waals surface area (Å²) in [6.07, 6.45) is 9.81. The third-order valence-electron chi connectivity index (χ3n) is 4.73. The summed E-state index contributed by atoms with van der Waals surface area (Å²) in [5.74, 6) is 1.00. The molecule has 2 heteroatoms. The zero-order chi connectivity index (χ0) is 11.5. The van der Waals surface area contributed by atoms with Gasteiger partial charge in [-0.2, -0.15) is 0 Å². The van der Waals surface area contributed by atoms with Crippen molar-refractivity contribution in [3.63, 3.8) is 0 Å². The minimum absolute atomic E-state index is 0.799. The molecule has 0 aromatic rings. The van der Waals surface area contributed by atoms with Crippen LogP contribution in [0.4, 0.5) is 0 Å². The first kappa shape index (κ1) is 12.4. The summed E-state index contributed by atoms with van der Waals surface area (Å²) in [5, 5.41) is 3.90. The minimum Gasteiger partial charge on any atom is -0.311 e. The first-order valence-corrected chi connectivity index (χ1v) is 7.11. The van der Waals surface area contributed by atoms with Crippen molar-refractivity contribution < 1.29 is 0 Å². The van der Waals surface area contributed by atoms with Crippen LogP contribution in [0.25, 0.3) is 0 Å². The third-order valence-corrected chi connectivity index (χ3v) is 4.73. The van der Waals surface area contributed by atoms with E-state index in [1.807, 2.05) is 0 Å². The summed E-state index contributed by atoms with van der Waals surface area (Å²) in [6.45, 7) is 2.34. The van der Waals surface area contributed by atoms with Crippen molar-refractivity contribution in [1.82, 2.24) is 10.2 Å². The van der Waals surface area contributed by atoms with Crippen LogP contribution in [0.5, 0.6) is 0 Å². The largest absolute Gasteiger partial charge is 0.311 e. The highest BCUT2D eigenvalue weighted by Gasteiger charge is 2.30. The van der Waals surface area contributed by atoms with Crippen molar-refractivity contribution in [2.75, 3.05) is 14.1 Å². The van der Waals surface area contributed by atoms with Gasteiger partial charge < -0.3 is 10.2 Å². The summed E-state index contributed by atoms with van der Waals surface area (Å²) >= 11 is 0. The fourth-order valence-electron chi connectivity index (χ4n) is 3.51. The maximum absolute atomic E-state index is 3.90. The monoisotopic (exact) mass is 224 g/mol. The van der Waals surface area contributed by atoms with E-state index in [-0.39, 0.29) is 0 Å². The third kappa shape index (κ3) is 2.98. The Balaban J connectivity index is 1.71. The molecule has 0 aliphatic heterocycles. The van der Waals surface area contributed by atoms with Gasteiger partial charge in [-0.25, -0.2) is 0 Å². The Hall–Kier alpha value is -0.0800. The maximum atomic E-state index is 3.90. The van der Waals surface area contributed by atoms with Crippen molar-refractivity contribution in [2.24, 2.45) is 5.92 Å². The van der Waals surface area contributed by atoms with Gasteiger partial charge in [0.05, 0.1) is 0 Å². The fourth-order valence-corrected chi connectivity index (χ4v) is 3.51. The van der Waals surface area contributed by atoms with Gasteiger partial charge in [0.25, 0.3) is 0 Å². The fraction of sp³-hybridized carbons (Fsp3) is 1.00. The lowest BCUT2D eigenvalue weighted by atomic mass is 10.1. The number of rotatable bonds is 4. The molecule has 0 saturated heterocycles. The highest BCUT2D eigenvalue weighted by molar-refractivity contribution is 4.89. The molecule has 2 fully saturated rings. The molecular weight excluding hydrogens is 196 g/mol. The quantitative estimate of drug-likeness (QED) is 0.790. The average molecular weight is 224 g/mol. The molecule has 2 rings (SSSR count). The Morgan fingerprint density at radius 3 is 2.25 bits per heavy atom. The van der Waals surface area contributed by atoms with Crippen LogP contribution in [-0.4, -0.2) is 37.1 Å². The van der Waals surface area contributed by atoms with E-state index in [1.165, 1.54) is 44.9 Å². The maximum Gasteiger partial charge on any atom is 0.0105 e. The number of nitrogens with one attached hydrogen (secondary N) is 1. The molecule has 0 spiro atoms. The minimum atomic E-state index is 0.799. The number of hydrogen-bond acceptors (Lipinski definition) is 2. The van der Waals surface area contributed by atoms with Gasteiger partial charge in [-0.15, -0.1) is 0 Å². The van der Waals surface area contributed by atoms with Crippen LogP contribution in [0, 0.1) is 5.92 Å². The van der Waals surface area contributed by atoms with Crippen LogP contribution in [0.2, 0.25) is 0 Å². The molecule has 0 amide bonds. The van der Waals surface area contributed by atoms with Crippen LogP contribution < -0.4 is 5.32 Å². The van der Waals surface area contributed by atoms with Gasteiger partial charge in [0, 0.05) is 18.1 Å². The second kappa shape index (κ2) is 5.50. The smallest absolute Gasteiger partial charge is 0.0105 e. The highest BCUT2D eigenvalue weighted by Crippen LogP contribution is 2.30. The van der Waals surface area contributed by atoms with Crippen LogP contribution in [-0.2, 0) is 0 Å². The van der Waals surface area contributed by atoms with Gasteiger partial charge in [-0.1, -0.05) is 13.3 Å². The van der Waals surface area contributed by atoms with E-state index < -0.39 is 0 Å². The van der Waals surface area contributed by atoms with Crippen molar-refractivity contribution in [1.29, 1.82) is 0 Å². The molecule has 0 radical (unpaired) electrons. The van der Waals surface area contributed by atoms with E-state index in [9.17, 15) is 0 Å². The van der Waals surface area contributed by atoms with E-state index in [2.05, 4.69) is 31.2 Å². The molecule has 2 aliphatic carbocycles. The normalized spacial score (nSPS) is 39.8. The van der Waals surface area contributed by atoms with Crippen molar-refractivity contribution in [2.45, 2.75) is 70.0 Å². The molecule has 0 aromatic carbocycles. The molecule has 94 valence electrons. The zero-order valence-electron chi connectivity index (χ0n) is 11.2. The molecule has 4 atom stereocenters. The summed E-state index contributed by atoms with van der Waals surface area (Å²) in [7, 11) is 4.44. The molecule has 1 N–H and O–H groups in total. The average Bonchev–Trinajstić information content (AvgIpc) is 2.87. The standard InChI is InChI=1S/C14H28N2/c1-4-11-5-6-12(9-11)15-13-7-8-14(10-13)16(2)3/h11-15H,4-10H2,1-3H3. The van der Waals surface area contributed by atoms with Crippen LogP contribution >= 0.6 is 0 Å². The van der Waals surface area contributed by atoms with E-state index >= 15 is 0 Å². The molecule has 16 heavy (non-hydrogen) atoms. The SMILES string of the molecule is CCC1CCC(NC2CCC(N(C)C)C2)C1. The van der Waals surface area contributed by atoms with E-state index in [0.717, 1.165) is 24.0 Å². The zero-order valence-corrected chi connectivity index (χ0v) is 11.2. The number of nitrogens with zero attached hydrogens (tertiary/aromatic N) is 1. The Bertz CT molecular complexity index is 215. The van der Waals surface area contributed by atoms with Gasteiger partial charge in [-0.3, -0.25) is 0 Å². The Labute approximate surface area is 101 Å². The van der Waals surface area contributed by atoms with E-state index in [4.69, 9.17) is 0 Å². The first-order chi connectivity index (χ1) is 7.69. The Morgan fingerprint density at radius 1 is 1.00 bits per heavy atom. The topological polar surface area (TPSA) is 15.3 Å². The molecule has 0 bridgehead atoms. The lowest BCUT2D eigenvalue weighted by Crippen LogP contribution is -2.36. The lowest BCUT2D eigenvalue weighted by molar-refractivity contribution is 0.290. The van der Waals surface area contributed by atoms with Crippen molar-refractivity contribution >= 4 is 0 Å². The summed E-state index contributed by atoms with van der Waals surface area (Å²) in [4.78, 5) is 2.39. The summed E-state index contributed by atoms with van der Waals surface area (Å²) < 4.78 is 0. The summed E-state index contributed by atoms with van der Waals surface area (Å²) in [5.41, 5.74) is 0. The molecule has 0 heterocycles.